The van der Waals surface area contributed by atoms with Gasteiger partial charge in [0, 0.05) is 0 Å². The number of benzene rings is 1. The molecule has 0 heterocycles. The third-order valence-electron chi connectivity index (χ3n) is 3.43. The fourth-order valence-electron chi connectivity index (χ4n) is 1.39. The van der Waals surface area contributed by atoms with Gasteiger partial charge in [-0.2, -0.15) is 0 Å². The van der Waals surface area contributed by atoms with Gasteiger partial charge < -0.3 is 0 Å². The Hall–Kier alpha value is -0.337. The Balaban J connectivity index is 3.30. The van der Waals surface area contributed by atoms with E-state index in [0.717, 1.165) is 5.56 Å². The van der Waals surface area contributed by atoms with Crippen molar-refractivity contribution < 1.29 is 40.3 Å². The molecule has 0 radical (unpaired) electrons. The minimum atomic E-state index is -12.0. The second-order valence-electron chi connectivity index (χ2n) is 5.05. The molecular weight excluding hydrogens is 363 g/mol. The summed E-state index contributed by atoms with van der Waals surface area (Å²) in [5, 5.41) is 0. The van der Waals surface area contributed by atoms with Gasteiger partial charge in [-0.1, -0.05) is 0 Å². The number of hydrogen-bond acceptors (Lipinski definition) is 4. The zero-order valence-corrected chi connectivity index (χ0v) is 14.1. The number of hydrogen-bond donors (Lipinski definition) is 0. The van der Waals surface area contributed by atoms with Crippen molar-refractivity contribution >= 4 is 0 Å². The third-order valence-corrected chi connectivity index (χ3v) is 14.0. The van der Waals surface area contributed by atoms with Crippen LogP contribution in [0.25, 0.3) is 0 Å². The summed E-state index contributed by atoms with van der Waals surface area (Å²) in [4.78, 5) is 0. The number of halogens is 4. The Morgan fingerprint density at radius 3 is 1.60 bits per heavy atom. The van der Waals surface area contributed by atoms with Gasteiger partial charge in [-0.3, -0.25) is 0 Å². The maximum absolute atomic E-state index is 14.5. The fraction of sp³-hybridized carbons (Fsp3) is 0.455. The second-order valence-corrected chi connectivity index (χ2v) is 19.4. The molecule has 9 heteroatoms. The molecule has 0 bridgehead atoms. The zero-order valence-electron chi connectivity index (χ0n) is 11.7. The van der Waals surface area contributed by atoms with E-state index in [-0.39, 0.29) is 26.9 Å². The first kappa shape index (κ1) is 17.7. The van der Waals surface area contributed by atoms with Crippen molar-refractivity contribution in [1.29, 1.82) is 0 Å². The van der Waals surface area contributed by atoms with E-state index < -0.39 is 25.1 Å². The molecular formula is C11H18F4O4Zr. The van der Waals surface area contributed by atoms with Gasteiger partial charge in [-0.05, 0) is 0 Å². The van der Waals surface area contributed by atoms with Gasteiger partial charge in [0.1, 0.15) is 0 Å². The monoisotopic (exact) mass is 380 g/mol. The van der Waals surface area contributed by atoms with E-state index in [0.29, 0.717) is 0 Å². The topological polar surface area (TPSA) is 36.9 Å². The van der Waals surface area contributed by atoms with Crippen LogP contribution in [-0.2, 0) is 36.4 Å². The molecule has 4 nitrogen and oxygen atoms in total. The molecule has 0 fully saturated rings. The van der Waals surface area contributed by atoms with Crippen LogP contribution in [0, 0.1) is 6.92 Å². The number of rotatable bonds is 6. The van der Waals surface area contributed by atoms with Crippen molar-refractivity contribution in [1.82, 2.24) is 0 Å². The summed E-state index contributed by atoms with van der Waals surface area (Å²) < 4.78 is 71.5. The zero-order chi connectivity index (χ0) is 15.9. The van der Waals surface area contributed by atoms with E-state index in [9.17, 15) is 10.5 Å². The molecule has 20 heavy (non-hydrogen) atoms. The summed E-state index contributed by atoms with van der Waals surface area (Å²) in [5.74, 6) is 0. The molecule has 0 saturated heterocycles. The third kappa shape index (κ3) is 2.97. The summed E-state index contributed by atoms with van der Waals surface area (Å²) in [6, 6.07) is 5.84. The molecule has 118 valence electrons. The normalized spacial score (nSPS) is 20.4. The van der Waals surface area contributed by atoms with Crippen molar-refractivity contribution in [2.24, 2.45) is 0 Å². The molecule has 0 aromatic heterocycles. The molecule has 0 spiro atoms. The van der Waals surface area contributed by atoms with Crippen LogP contribution in [0.15, 0.2) is 24.3 Å². The first-order valence-corrected chi connectivity index (χ1v) is 13.5. The molecule has 1 rings (SSSR count). The molecule has 0 aliphatic rings. The van der Waals surface area contributed by atoms with Gasteiger partial charge in [0.05, 0.1) is 0 Å². The minimum absolute atomic E-state index is 0.0766. The van der Waals surface area contributed by atoms with E-state index in [1.165, 1.54) is 12.1 Å². The molecule has 0 unspecified atom stereocenters. The van der Waals surface area contributed by atoms with Crippen LogP contribution in [0.1, 0.15) is 11.1 Å². The van der Waals surface area contributed by atoms with E-state index in [1.54, 1.807) is 19.1 Å². The number of aryl methyl sites for hydroxylation is 1. The Bertz CT molecular complexity index is 551. The Labute approximate surface area is 110 Å². The first-order chi connectivity index (χ1) is 8.65. The maximum atomic E-state index is 14.5. The summed E-state index contributed by atoms with van der Waals surface area (Å²) >= 11 is -12.0. The summed E-state index contributed by atoms with van der Waals surface area (Å²) in [6.07, 6.45) is 0. The van der Waals surface area contributed by atoms with Crippen LogP contribution in [-0.4, -0.2) is 21.3 Å². The van der Waals surface area contributed by atoms with Crippen molar-refractivity contribution in [3.63, 3.8) is 0 Å². The summed E-state index contributed by atoms with van der Waals surface area (Å²) in [5.41, 5.74) is 0.915. The molecule has 0 atom stereocenters. The van der Waals surface area contributed by atoms with Crippen LogP contribution in [0.2, 0.25) is 0 Å². The van der Waals surface area contributed by atoms with Crippen molar-refractivity contribution in [2.75, 3.05) is 21.3 Å². The van der Waals surface area contributed by atoms with E-state index >= 15 is 0 Å². The standard InChI is InChI=1S/C8H9O.3CH3O.4FH.Zr/c1-7-2-4-8(6-9)5-3-7;3*1-2;;;;;/h2-5H,6H2,1H3;3*1H3;4*1H;/q4*-1;;;;;+8/p-4. The quantitative estimate of drug-likeness (QED) is 0.700. The summed E-state index contributed by atoms with van der Waals surface area (Å²) in [6.45, 7) is 0.604. The predicted octanol–water partition coefficient (Wildman–Crippen LogP) is 3.95. The van der Waals surface area contributed by atoms with Crippen LogP contribution in [0.5, 0.6) is 0 Å². The molecule has 0 N–H and O–H groups in total. The van der Waals surface area contributed by atoms with Crippen molar-refractivity contribution in [3.05, 3.63) is 35.4 Å². The predicted molar refractivity (Wildman–Crippen MR) is 61.4 cm³/mol. The van der Waals surface area contributed by atoms with Crippen molar-refractivity contribution in [3.8, 4) is 0 Å². The molecule has 0 aliphatic heterocycles. The van der Waals surface area contributed by atoms with Gasteiger partial charge in [-0.25, -0.2) is 0 Å². The van der Waals surface area contributed by atoms with Crippen LogP contribution in [0.3, 0.4) is 0 Å². The molecule has 0 saturated carbocycles. The molecule has 1 aromatic rings. The van der Waals surface area contributed by atoms with Crippen LogP contribution >= 0.6 is 0 Å². The van der Waals surface area contributed by atoms with Gasteiger partial charge in [0.15, 0.2) is 0 Å². The van der Waals surface area contributed by atoms with E-state index in [2.05, 4.69) is 11.3 Å². The van der Waals surface area contributed by atoms with Crippen LogP contribution in [0.4, 0.5) is 10.5 Å². The Morgan fingerprint density at radius 1 is 0.850 bits per heavy atom. The van der Waals surface area contributed by atoms with E-state index in [1.807, 2.05) is 0 Å². The van der Waals surface area contributed by atoms with Crippen molar-refractivity contribution in [2.45, 2.75) is 13.5 Å². The Kier molecular flexibility index (Phi) is 2.83. The van der Waals surface area contributed by atoms with Crippen LogP contribution < -0.4 is 0 Å². The second kappa shape index (κ2) is 3.20. The fourth-order valence-corrected chi connectivity index (χ4v) is 4.87. The van der Waals surface area contributed by atoms with Gasteiger partial charge in [0.25, 0.3) is 0 Å². The van der Waals surface area contributed by atoms with E-state index in [4.69, 9.17) is 0 Å². The molecule has 0 aliphatic carbocycles. The molecule has 0 amide bonds. The average molecular weight is 381 g/mol. The Morgan fingerprint density at radius 2 is 1.25 bits per heavy atom. The average Bonchev–Trinajstić information content (AvgIpc) is 2.40. The van der Waals surface area contributed by atoms with Gasteiger partial charge >= 0.3 is 111 Å². The van der Waals surface area contributed by atoms with Gasteiger partial charge in [0.2, 0.25) is 0 Å². The first-order valence-electron chi connectivity index (χ1n) is 5.76. The van der Waals surface area contributed by atoms with Gasteiger partial charge in [-0.15, -0.1) is 0 Å². The summed E-state index contributed by atoms with van der Waals surface area (Å²) in [7, 11) is 0.230. The molecule has 1 aromatic carbocycles. The SMILES string of the molecule is C[O][Zr]([F])([F])([F])([F])([O]C)([O]C)[O]Cc1ccc(C)cc1.